The first-order valence-electron chi connectivity index (χ1n) is 4.27. The van der Waals surface area contributed by atoms with E-state index < -0.39 is 22.0 Å². The fraction of sp³-hybridized carbons (Fsp3) is 0.857. The summed E-state index contributed by atoms with van der Waals surface area (Å²) in [7, 11) is -3.45. The van der Waals surface area contributed by atoms with Gasteiger partial charge >= 0.3 is 5.97 Å². The molecule has 0 aromatic carbocycles. The molecule has 0 amide bonds. The summed E-state index contributed by atoms with van der Waals surface area (Å²) < 4.78 is 23.8. The van der Waals surface area contributed by atoms with Gasteiger partial charge in [-0.05, 0) is 19.3 Å². The molecule has 0 aliphatic carbocycles. The van der Waals surface area contributed by atoms with Crippen molar-refractivity contribution in [1.82, 2.24) is 4.31 Å². The largest absolute Gasteiger partial charge is 0.480 e. The zero-order valence-electron chi connectivity index (χ0n) is 7.52. The first kappa shape index (κ1) is 11.9. The van der Waals surface area contributed by atoms with E-state index in [4.69, 9.17) is 5.11 Å². The molecule has 14 heavy (non-hydrogen) atoms. The molecule has 1 aliphatic rings. The van der Waals surface area contributed by atoms with Gasteiger partial charge in [0.2, 0.25) is 10.0 Å². The number of aliphatic carboxylic acids is 1. The van der Waals surface area contributed by atoms with Gasteiger partial charge in [-0.15, -0.1) is 0 Å². The van der Waals surface area contributed by atoms with Crippen molar-refractivity contribution in [1.29, 1.82) is 0 Å². The van der Waals surface area contributed by atoms with Gasteiger partial charge in [0.1, 0.15) is 10.7 Å². The molecule has 0 radical (unpaired) electrons. The average Bonchev–Trinajstić information content (AvgIpc) is 2.18. The molecule has 0 spiro atoms. The molecule has 7 heteroatoms. The zero-order chi connectivity index (χ0) is 10.8. The Kier molecular flexibility index (Phi) is 3.91. The summed E-state index contributed by atoms with van der Waals surface area (Å²) in [5.41, 5.74) is 0. The van der Waals surface area contributed by atoms with Gasteiger partial charge in [-0.3, -0.25) is 4.79 Å². The van der Waals surface area contributed by atoms with Crippen molar-refractivity contribution in [2.75, 3.05) is 11.2 Å². The fourth-order valence-corrected chi connectivity index (χ4v) is 3.45. The quantitative estimate of drug-likeness (QED) is 0.771. The minimum absolute atomic E-state index is 0.218. The molecule has 1 atom stereocenters. The molecule has 82 valence electrons. The van der Waals surface area contributed by atoms with Crippen molar-refractivity contribution < 1.29 is 18.3 Å². The molecule has 0 unspecified atom stereocenters. The second kappa shape index (κ2) is 4.59. The van der Waals surface area contributed by atoms with Crippen molar-refractivity contribution in [3.8, 4) is 0 Å². The summed E-state index contributed by atoms with van der Waals surface area (Å²) in [5, 5.41) is 8.85. The van der Waals surface area contributed by atoms with Crippen LogP contribution in [-0.2, 0) is 14.8 Å². The molecule has 5 nitrogen and oxygen atoms in total. The molecule has 0 aromatic rings. The molecule has 1 N–H and O–H groups in total. The van der Waals surface area contributed by atoms with Crippen LogP contribution < -0.4 is 0 Å². The normalized spacial score (nSPS) is 24.8. The fourth-order valence-electron chi connectivity index (χ4n) is 1.55. The van der Waals surface area contributed by atoms with Gasteiger partial charge in [-0.1, -0.05) is 15.9 Å². The van der Waals surface area contributed by atoms with Crippen molar-refractivity contribution in [2.24, 2.45) is 0 Å². The van der Waals surface area contributed by atoms with Crippen LogP contribution in [0.25, 0.3) is 0 Å². The van der Waals surface area contributed by atoms with E-state index in [9.17, 15) is 13.2 Å². The van der Waals surface area contributed by atoms with Crippen LogP contribution in [0.15, 0.2) is 0 Å². The molecular weight excluding hydrogens is 274 g/mol. The Morgan fingerprint density at radius 2 is 2.14 bits per heavy atom. The van der Waals surface area contributed by atoms with Gasteiger partial charge in [0.05, 0.1) is 0 Å². The maximum absolute atomic E-state index is 11.5. The van der Waals surface area contributed by atoms with Gasteiger partial charge in [-0.2, -0.15) is 4.31 Å². The smallest absolute Gasteiger partial charge is 0.322 e. The van der Waals surface area contributed by atoms with Gasteiger partial charge in [0, 0.05) is 6.54 Å². The lowest BCUT2D eigenvalue weighted by molar-refractivity contribution is -0.142. The Morgan fingerprint density at radius 3 is 2.64 bits per heavy atom. The van der Waals surface area contributed by atoms with Crippen LogP contribution in [0.2, 0.25) is 0 Å². The van der Waals surface area contributed by atoms with E-state index in [1.165, 1.54) is 0 Å². The number of carboxylic acid groups (broad SMARTS) is 1. The zero-order valence-corrected chi connectivity index (χ0v) is 9.92. The Morgan fingerprint density at radius 1 is 1.50 bits per heavy atom. The third-order valence-electron chi connectivity index (χ3n) is 2.23. The molecule has 1 fully saturated rings. The predicted molar refractivity (Wildman–Crippen MR) is 54.7 cm³/mol. The highest BCUT2D eigenvalue weighted by Gasteiger charge is 2.35. The predicted octanol–water partition coefficient (Wildman–Crippen LogP) is 0.608. The second-order valence-corrected chi connectivity index (χ2v) is 6.41. The summed E-state index contributed by atoms with van der Waals surface area (Å²) in [5.74, 6) is -1.06. The second-order valence-electron chi connectivity index (χ2n) is 3.18. The number of hydrogen-bond donors (Lipinski definition) is 1. The number of nitrogens with zero attached hydrogens (tertiary/aromatic N) is 1. The molecule has 0 bridgehead atoms. The van der Waals surface area contributed by atoms with Gasteiger partial charge in [0.25, 0.3) is 0 Å². The minimum atomic E-state index is -3.45. The van der Waals surface area contributed by atoms with Crippen molar-refractivity contribution in [3.63, 3.8) is 0 Å². The lowest BCUT2D eigenvalue weighted by Gasteiger charge is -2.31. The minimum Gasteiger partial charge on any atom is -0.480 e. The van der Waals surface area contributed by atoms with Crippen LogP contribution >= 0.6 is 15.9 Å². The van der Waals surface area contributed by atoms with E-state index in [2.05, 4.69) is 15.9 Å². The van der Waals surface area contributed by atoms with Crippen LogP contribution in [0.1, 0.15) is 19.3 Å². The van der Waals surface area contributed by atoms with Crippen molar-refractivity contribution >= 4 is 31.9 Å². The summed E-state index contributed by atoms with van der Waals surface area (Å²) in [6.45, 7) is 0.310. The maximum atomic E-state index is 11.5. The standard InChI is InChI=1S/C7H12BrNO4S/c8-5-14(12,13)9-4-2-1-3-6(9)7(10)11/h6H,1-5H2,(H,10,11)/t6-/m1/s1. The first-order chi connectivity index (χ1) is 6.49. The highest BCUT2D eigenvalue weighted by atomic mass is 79.9. The van der Waals surface area contributed by atoms with Crippen molar-refractivity contribution in [3.05, 3.63) is 0 Å². The summed E-state index contributed by atoms with van der Waals surface area (Å²) in [6, 6.07) is -0.883. The van der Waals surface area contributed by atoms with Crippen LogP contribution in [0.5, 0.6) is 0 Å². The van der Waals surface area contributed by atoms with Crippen LogP contribution in [0.3, 0.4) is 0 Å². The monoisotopic (exact) mass is 285 g/mol. The number of hydrogen-bond acceptors (Lipinski definition) is 3. The Labute approximate surface area is 91.3 Å². The molecule has 0 saturated carbocycles. The first-order valence-corrected chi connectivity index (χ1v) is 7.00. The third-order valence-corrected chi connectivity index (χ3v) is 5.40. The number of rotatable bonds is 3. The third kappa shape index (κ3) is 2.46. The summed E-state index contributed by atoms with van der Waals surface area (Å²) in [4.78, 5) is 10.8. The molecule has 1 aliphatic heterocycles. The SMILES string of the molecule is O=C(O)[C@H]1CCCCN1S(=O)(=O)CBr. The number of sulfonamides is 1. The topological polar surface area (TPSA) is 74.7 Å². The summed E-state index contributed by atoms with van der Waals surface area (Å²) >= 11 is 2.86. The number of carboxylic acids is 1. The molecule has 0 aromatic heterocycles. The van der Waals surface area contributed by atoms with E-state index in [0.29, 0.717) is 13.0 Å². The lowest BCUT2D eigenvalue weighted by Crippen LogP contribution is -2.48. The molecule has 1 rings (SSSR count). The maximum Gasteiger partial charge on any atom is 0.322 e. The van der Waals surface area contributed by atoms with Gasteiger partial charge in [-0.25, -0.2) is 8.42 Å². The van der Waals surface area contributed by atoms with Crippen LogP contribution in [0.4, 0.5) is 0 Å². The van der Waals surface area contributed by atoms with Crippen LogP contribution in [-0.4, -0.2) is 41.0 Å². The van der Waals surface area contributed by atoms with E-state index in [0.717, 1.165) is 17.1 Å². The molecular formula is C7H12BrNO4S. The van der Waals surface area contributed by atoms with E-state index >= 15 is 0 Å². The Balaban J connectivity index is 2.88. The van der Waals surface area contributed by atoms with Crippen molar-refractivity contribution in [2.45, 2.75) is 25.3 Å². The Bertz CT molecular complexity index is 316. The summed E-state index contributed by atoms with van der Waals surface area (Å²) in [6.07, 6.45) is 1.91. The van der Waals surface area contributed by atoms with E-state index in [1.807, 2.05) is 0 Å². The number of carbonyl (C=O) groups is 1. The van der Waals surface area contributed by atoms with Gasteiger partial charge in [0.15, 0.2) is 0 Å². The molecule has 1 heterocycles. The highest BCUT2D eigenvalue weighted by Crippen LogP contribution is 2.21. The molecule has 1 saturated heterocycles. The highest BCUT2D eigenvalue weighted by molar-refractivity contribution is 9.10. The number of alkyl halides is 1. The number of halogens is 1. The average molecular weight is 286 g/mol. The van der Waals surface area contributed by atoms with Gasteiger partial charge < -0.3 is 5.11 Å². The van der Waals surface area contributed by atoms with E-state index in [-0.39, 0.29) is 4.66 Å². The Hall–Kier alpha value is -0.140. The van der Waals surface area contributed by atoms with E-state index in [1.54, 1.807) is 0 Å². The van der Waals surface area contributed by atoms with Crippen LogP contribution in [0, 0.1) is 0 Å². The number of piperidine rings is 1. The lowest BCUT2D eigenvalue weighted by atomic mass is 10.1.